The number of hydrogen-bond acceptors (Lipinski definition) is 7. The smallest absolute Gasteiger partial charge is 0.292 e. The molecule has 0 aliphatic heterocycles. The molecule has 1 unspecified atom stereocenters. The van der Waals surface area contributed by atoms with E-state index >= 15 is 0 Å². The fourth-order valence-electron chi connectivity index (χ4n) is 3.43. The molecule has 1 aliphatic rings. The third kappa shape index (κ3) is 3.91. The van der Waals surface area contributed by atoms with Gasteiger partial charge in [-0.25, -0.2) is 0 Å². The fraction of sp³-hybridized carbons (Fsp3) is 0.0500. The molecule has 0 fully saturated rings. The Balaban J connectivity index is 1.91. The molecule has 0 saturated carbocycles. The Morgan fingerprint density at radius 1 is 0.774 bits per heavy atom. The monoisotopic (exact) mass is 458 g/mol. The summed E-state index contributed by atoms with van der Waals surface area (Å²) >= 11 is 0. The SMILES string of the molecule is O=C1C=Cc2ccccc2C1N=Nc1ccc2c(S(=O)(=O)O)cccc2c1S(=O)(=O)O. The van der Waals surface area contributed by atoms with E-state index in [-0.39, 0.29) is 22.2 Å². The summed E-state index contributed by atoms with van der Waals surface area (Å²) in [6, 6.07) is 11.9. The number of benzene rings is 3. The van der Waals surface area contributed by atoms with Gasteiger partial charge in [-0.2, -0.15) is 27.1 Å². The van der Waals surface area contributed by atoms with Crippen LogP contribution in [0, 0.1) is 0 Å². The van der Waals surface area contributed by atoms with E-state index in [4.69, 9.17) is 0 Å². The third-order valence-electron chi connectivity index (χ3n) is 4.76. The van der Waals surface area contributed by atoms with Crippen LogP contribution in [-0.4, -0.2) is 31.7 Å². The molecule has 9 nitrogen and oxygen atoms in total. The Labute approximate surface area is 177 Å². The van der Waals surface area contributed by atoms with Crippen molar-refractivity contribution in [3.05, 3.63) is 71.8 Å². The van der Waals surface area contributed by atoms with Crippen molar-refractivity contribution < 1.29 is 30.7 Å². The number of hydrogen-bond donors (Lipinski definition) is 2. The summed E-state index contributed by atoms with van der Waals surface area (Å²) in [5, 5.41) is 7.61. The minimum absolute atomic E-state index is 0.126. The van der Waals surface area contributed by atoms with E-state index < -0.39 is 36.1 Å². The zero-order chi connectivity index (χ0) is 22.4. The lowest BCUT2D eigenvalue weighted by molar-refractivity contribution is -0.116. The standard InChI is InChI=1S/C20H14N2O7S2/c23-17-11-8-12-4-1-2-5-13(12)19(17)22-21-16-10-9-14-15(20(16)31(27,28)29)6-3-7-18(14)30(24,25)26/h1-11,19H,(H,24,25,26)(H,27,28,29). The number of carbonyl (C=O) groups excluding carboxylic acids is 1. The van der Waals surface area contributed by atoms with Crippen molar-refractivity contribution in [3.63, 3.8) is 0 Å². The molecule has 4 rings (SSSR count). The van der Waals surface area contributed by atoms with Crippen molar-refractivity contribution >= 4 is 48.6 Å². The lowest BCUT2D eigenvalue weighted by Crippen LogP contribution is -2.12. The van der Waals surface area contributed by atoms with E-state index in [1.165, 1.54) is 24.3 Å². The second-order valence-corrected chi connectivity index (χ2v) is 9.45. The normalized spacial score (nSPS) is 16.7. The van der Waals surface area contributed by atoms with E-state index in [1.807, 2.05) is 0 Å². The molecule has 0 bridgehead atoms. The Hall–Kier alpha value is -3.25. The Bertz CT molecular complexity index is 1510. The van der Waals surface area contributed by atoms with Gasteiger partial charge >= 0.3 is 0 Å². The van der Waals surface area contributed by atoms with Crippen LogP contribution in [0.2, 0.25) is 0 Å². The van der Waals surface area contributed by atoms with Crippen LogP contribution in [0.4, 0.5) is 5.69 Å². The van der Waals surface area contributed by atoms with Crippen molar-refractivity contribution in [2.75, 3.05) is 0 Å². The molecular weight excluding hydrogens is 444 g/mol. The molecule has 31 heavy (non-hydrogen) atoms. The molecule has 0 aromatic heterocycles. The first-order chi connectivity index (χ1) is 14.6. The predicted octanol–water partition coefficient (Wildman–Crippen LogP) is 3.75. The van der Waals surface area contributed by atoms with Crippen LogP contribution in [0.15, 0.2) is 80.7 Å². The average molecular weight is 458 g/mol. The van der Waals surface area contributed by atoms with Crippen LogP contribution in [-0.2, 0) is 25.0 Å². The molecule has 0 spiro atoms. The second kappa shape index (κ2) is 7.46. The van der Waals surface area contributed by atoms with Crippen molar-refractivity contribution in [2.24, 2.45) is 10.2 Å². The molecule has 1 atom stereocenters. The quantitative estimate of drug-likeness (QED) is 0.446. The van der Waals surface area contributed by atoms with Gasteiger partial charge in [0, 0.05) is 10.8 Å². The van der Waals surface area contributed by atoms with Crippen molar-refractivity contribution in [3.8, 4) is 0 Å². The van der Waals surface area contributed by atoms with Gasteiger partial charge in [0.25, 0.3) is 20.2 Å². The first-order valence-corrected chi connectivity index (χ1v) is 11.7. The van der Waals surface area contributed by atoms with Gasteiger partial charge in [0.1, 0.15) is 15.5 Å². The summed E-state index contributed by atoms with van der Waals surface area (Å²) in [6.07, 6.45) is 2.98. The minimum atomic E-state index is -4.88. The summed E-state index contributed by atoms with van der Waals surface area (Å²) in [6.45, 7) is 0. The van der Waals surface area contributed by atoms with Crippen LogP contribution in [0.25, 0.3) is 16.8 Å². The number of rotatable bonds is 4. The first kappa shape index (κ1) is 21.0. The summed E-state index contributed by atoms with van der Waals surface area (Å²) in [5.74, 6) is -0.356. The number of azo groups is 1. The highest BCUT2D eigenvalue weighted by Crippen LogP contribution is 2.37. The summed E-state index contributed by atoms with van der Waals surface area (Å²) in [4.78, 5) is 11.1. The van der Waals surface area contributed by atoms with Crippen molar-refractivity contribution in [1.29, 1.82) is 0 Å². The van der Waals surface area contributed by atoms with Gasteiger partial charge < -0.3 is 0 Å². The molecule has 158 valence electrons. The molecule has 3 aromatic carbocycles. The molecule has 0 amide bonds. The number of ketones is 1. The Kier molecular flexibility index (Phi) is 5.06. The van der Waals surface area contributed by atoms with Gasteiger partial charge in [0.15, 0.2) is 11.8 Å². The first-order valence-electron chi connectivity index (χ1n) is 8.80. The predicted molar refractivity (Wildman–Crippen MR) is 111 cm³/mol. The van der Waals surface area contributed by atoms with Gasteiger partial charge in [0.05, 0.1) is 0 Å². The highest BCUT2D eigenvalue weighted by Gasteiger charge is 2.26. The Morgan fingerprint density at radius 2 is 1.52 bits per heavy atom. The van der Waals surface area contributed by atoms with Gasteiger partial charge in [-0.1, -0.05) is 48.5 Å². The summed E-state index contributed by atoms with van der Waals surface area (Å²) in [5.41, 5.74) is 1.06. The zero-order valence-electron chi connectivity index (χ0n) is 15.6. The van der Waals surface area contributed by atoms with E-state index in [0.717, 1.165) is 17.7 Å². The van der Waals surface area contributed by atoms with E-state index in [2.05, 4.69) is 10.2 Å². The maximum atomic E-state index is 12.3. The number of fused-ring (bicyclic) bond motifs is 2. The van der Waals surface area contributed by atoms with Crippen LogP contribution in [0.3, 0.4) is 0 Å². The maximum absolute atomic E-state index is 12.3. The van der Waals surface area contributed by atoms with Crippen LogP contribution in [0.1, 0.15) is 17.2 Å². The molecule has 2 N–H and O–H groups in total. The van der Waals surface area contributed by atoms with Crippen LogP contribution in [0.5, 0.6) is 0 Å². The summed E-state index contributed by atoms with van der Waals surface area (Å²) in [7, 11) is -9.54. The lowest BCUT2D eigenvalue weighted by atomic mass is 9.93. The number of nitrogens with zero attached hydrogens (tertiary/aromatic N) is 2. The van der Waals surface area contributed by atoms with Crippen LogP contribution < -0.4 is 0 Å². The van der Waals surface area contributed by atoms with E-state index in [1.54, 1.807) is 30.3 Å². The van der Waals surface area contributed by atoms with E-state index in [0.29, 0.717) is 5.56 Å². The second-order valence-electron chi connectivity index (χ2n) is 6.70. The van der Waals surface area contributed by atoms with Crippen molar-refractivity contribution in [1.82, 2.24) is 0 Å². The molecule has 3 aromatic rings. The van der Waals surface area contributed by atoms with Gasteiger partial charge in [-0.15, -0.1) is 0 Å². The highest BCUT2D eigenvalue weighted by atomic mass is 32.2. The Morgan fingerprint density at radius 3 is 2.23 bits per heavy atom. The molecule has 0 heterocycles. The molecule has 1 aliphatic carbocycles. The summed E-state index contributed by atoms with van der Waals surface area (Å²) < 4.78 is 66.7. The maximum Gasteiger partial charge on any atom is 0.297 e. The van der Waals surface area contributed by atoms with Gasteiger partial charge in [-0.05, 0) is 29.3 Å². The molecule has 0 saturated heterocycles. The van der Waals surface area contributed by atoms with Gasteiger partial charge in [0.2, 0.25) is 0 Å². The van der Waals surface area contributed by atoms with Crippen LogP contribution >= 0.6 is 0 Å². The molecular formula is C20H14N2O7S2. The minimum Gasteiger partial charge on any atom is -0.292 e. The molecule has 0 radical (unpaired) electrons. The highest BCUT2D eigenvalue weighted by molar-refractivity contribution is 7.86. The van der Waals surface area contributed by atoms with Gasteiger partial charge in [-0.3, -0.25) is 13.9 Å². The number of carbonyl (C=O) groups is 1. The zero-order valence-corrected chi connectivity index (χ0v) is 17.2. The molecule has 11 heteroatoms. The lowest BCUT2D eigenvalue weighted by Gasteiger charge is -2.16. The topological polar surface area (TPSA) is 151 Å². The fourth-order valence-corrected chi connectivity index (χ4v) is 4.97. The third-order valence-corrected chi connectivity index (χ3v) is 6.61. The van der Waals surface area contributed by atoms with E-state index in [9.17, 15) is 30.7 Å². The average Bonchev–Trinajstić information content (AvgIpc) is 2.70. The van der Waals surface area contributed by atoms with Crippen molar-refractivity contribution in [2.45, 2.75) is 15.8 Å². The largest absolute Gasteiger partial charge is 0.297 e.